The quantitative estimate of drug-likeness (QED) is 0.744. The Balaban J connectivity index is 1.29. The Morgan fingerprint density at radius 2 is 2.09 bits per heavy atom. The summed E-state index contributed by atoms with van der Waals surface area (Å²) in [6.07, 6.45) is 10.6. The third-order valence-electron chi connectivity index (χ3n) is 11.0. The molecule has 34 heavy (non-hydrogen) atoms. The van der Waals surface area contributed by atoms with E-state index >= 15 is 0 Å². The van der Waals surface area contributed by atoms with Crippen molar-refractivity contribution in [2.75, 3.05) is 33.3 Å². The molecule has 1 aromatic carbocycles. The van der Waals surface area contributed by atoms with Crippen molar-refractivity contribution in [1.29, 1.82) is 0 Å². The molecule has 182 valence electrons. The first-order chi connectivity index (χ1) is 16.7. The lowest BCUT2D eigenvalue weighted by Crippen LogP contribution is -2.73. The molecule has 0 unspecified atom stereocenters. The number of ether oxygens (including phenoxy) is 2. The van der Waals surface area contributed by atoms with Gasteiger partial charge in [-0.15, -0.1) is 0 Å². The minimum Gasteiger partial charge on any atom is -0.493 e. The predicted octanol–water partition coefficient (Wildman–Crippen LogP) is 2.87. The van der Waals surface area contributed by atoms with E-state index in [1.165, 1.54) is 43.5 Å². The van der Waals surface area contributed by atoms with Gasteiger partial charge in [0.15, 0.2) is 11.5 Å². The third kappa shape index (κ3) is 2.37. The second-order valence-electron chi connectivity index (χ2n) is 12.2. The molecule has 8 aliphatic rings. The van der Waals surface area contributed by atoms with Crippen LogP contribution in [0, 0.1) is 11.3 Å². The predicted molar refractivity (Wildman–Crippen MR) is 128 cm³/mol. The molecular weight excluding hydrogens is 426 g/mol. The zero-order valence-electron chi connectivity index (χ0n) is 20.4. The fraction of sp³-hybridized carbons (Fsp3) is 0.750. The molecule has 5 aliphatic heterocycles. The third-order valence-corrected chi connectivity index (χ3v) is 11.0. The number of hydrogen-bond acceptors (Lipinski definition) is 5. The van der Waals surface area contributed by atoms with Gasteiger partial charge in [0.05, 0.1) is 19.2 Å². The van der Waals surface area contributed by atoms with Crippen molar-refractivity contribution in [3.05, 3.63) is 23.3 Å². The number of likely N-dealkylation sites (tertiary alicyclic amines) is 1. The number of piperidine rings is 1. The average molecular weight is 464 g/mol. The maximum atomic E-state index is 13.8. The van der Waals surface area contributed by atoms with Crippen LogP contribution in [0.4, 0.5) is 0 Å². The number of nitrogens with one attached hydrogen (secondary N) is 1. The number of carbonyl (C=O) groups excluding carboxylic acids is 1. The van der Waals surface area contributed by atoms with Crippen LogP contribution in [0.15, 0.2) is 12.1 Å². The first-order valence-electron chi connectivity index (χ1n) is 13.8. The first-order valence-corrected chi connectivity index (χ1v) is 13.8. The van der Waals surface area contributed by atoms with Crippen molar-refractivity contribution in [3.8, 4) is 11.5 Å². The van der Waals surface area contributed by atoms with Crippen molar-refractivity contribution in [1.82, 2.24) is 15.1 Å². The molecule has 2 saturated carbocycles. The fourth-order valence-electron chi connectivity index (χ4n) is 9.51. The van der Waals surface area contributed by atoms with E-state index in [1.54, 1.807) is 7.11 Å². The Morgan fingerprint density at radius 1 is 1.18 bits per heavy atom. The molecule has 1 N–H and O–H groups in total. The molecule has 6 fully saturated rings. The van der Waals surface area contributed by atoms with E-state index in [0.29, 0.717) is 11.9 Å². The number of benzene rings is 1. The fourth-order valence-corrected chi connectivity index (χ4v) is 9.51. The molecule has 0 radical (unpaired) electrons. The summed E-state index contributed by atoms with van der Waals surface area (Å²) in [5.74, 6) is 3.11. The van der Waals surface area contributed by atoms with Gasteiger partial charge in [-0.05, 0) is 88.4 Å². The van der Waals surface area contributed by atoms with Crippen LogP contribution in [0.3, 0.4) is 0 Å². The lowest BCUT2D eigenvalue weighted by atomic mass is 9.42. The molecule has 6 heteroatoms. The number of carbonyl (C=O) groups is 1. The van der Waals surface area contributed by atoms with Crippen LogP contribution in [-0.2, 0) is 16.6 Å². The van der Waals surface area contributed by atoms with Crippen molar-refractivity contribution >= 4 is 5.91 Å². The zero-order chi connectivity index (χ0) is 22.7. The first kappa shape index (κ1) is 20.4. The van der Waals surface area contributed by atoms with Crippen LogP contribution in [0.2, 0.25) is 0 Å². The largest absolute Gasteiger partial charge is 0.493 e. The number of nitrogens with zero attached hydrogens (tertiary/aromatic N) is 2. The number of fused-ring (bicyclic) bond motifs is 3. The minimum absolute atomic E-state index is 0.00575. The van der Waals surface area contributed by atoms with Gasteiger partial charge in [0.25, 0.3) is 0 Å². The van der Waals surface area contributed by atoms with E-state index in [9.17, 15) is 4.79 Å². The Bertz CT molecular complexity index is 1050. The highest BCUT2D eigenvalue weighted by atomic mass is 16.5. The molecule has 5 heterocycles. The summed E-state index contributed by atoms with van der Waals surface area (Å²) in [5, 5.41) is 3.48. The van der Waals surface area contributed by atoms with Gasteiger partial charge in [0.1, 0.15) is 6.10 Å². The second kappa shape index (κ2) is 6.91. The van der Waals surface area contributed by atoms with Crippen LogP contribution < -0.4 is 14.8 Å². The summed E-state index contributed by atoms with van der Waals surface area (Å²) in [4.78, 5) is 19.0. The van der Waals surface area contributed by atoms with Gasteiger partial charge >= 0.3 is 0 Å². The summed E-state index contributed by atoms with van der Waals surface area (Å²) in [7, 11) is 1.77. The molecule has 1 amide bonds. The monoisotopic (exact) mass is 463 g/mol. The second-order valence-corrected chi connectivity index (χ2v) is 12.2. The maximum absolute atomic E-state index is 13.8. The van der Waals surface area contributed by atoms with Crippen molar-refractivity contribution in [2.24, 2.45) is 11.3 Å². The van der Waals surface area contributed by atoms with Gasteiger partial charge in [0, 0.05) is 35.5 Å². The van der Waals surface area contributed by atoms with Crippen LogP contribution in [-0.4, -0.2) is 73.2 Å². The molecule has 1 aromatic rings. The van der Waals surface area contributed by atoms with Gasteiger partial charge in [0.2, 0.25) is 5.91 Å². The molecule has 0 aromatic heterocycles. The Hall–Kier alpha value is -1.79. The van der Waals surface area contributed by atoms with E-state index in [4.69, 9.17) is 9.47 Å². The molecule has 4 saturated heterocycles. The Morgan fingerprint density at radius 3 is 2.88 bits per heavy atom. The normalized spacial score (nSPS) is 41.7. The van der Waals surface area contributed by atoms with E-state index in [2.05, 4.69) is 27.2 Å². The highest BCUT2D eigenvalue weighted by molar-refractivity contribution is 5.83. The number of amides is 1. The highest BCUT2D eigenvalue weighted by Crippen LogP contribution is 2.71. The van der Waals surface area contributed by atoms with Gasteiger partial charge in [-0.1, -0.05) is 6.07 Å². The number of hydrogen-bond donors (Lipinski definition) is 1. The van der Waals surface area contributed by atoms with Crippen molar-refractivity contribution < 1.29 is 14.3 Å². The zero-order valence-corrected chi connectivity index (χ0v) is 20.4. The summed E-state index contributed by atoms with van der Waals surface area (Å²) in [6.45, 7) is 4.30. The lowest BCUT2D eigenvalue weighted by molar-refractivity contribution is -0.145. The van der Waals surface area contributed by atoms with Crippen molar-refractivity contribution in [3.63, 3.8) is 0 Å². The van der Waals surface area contributed by atoms with E-state index in [0.717, 1.165) is 69.0 Å². The summed E-state index contributed by atoms with van der Waals surface area (Å²) in [6, 6.07) is 5.19. The molecular formula is C28H37N3O3. The van der Waals surface area contributed by atoms with Gasteiger partial charge in [-0.3, -0.25) is 9.69 Å². The van der Waals surface area contributed by atoms with E-state index in [-0.39, 0.29) is 29.0 Å². The average Bonchev–Trinajstić information content (AvgIpc) is 3.45. The SMILES string of the molecule is COc1ccc2c3c1O[C@H]1[C@H]4CC[C@@]5(CCN4C(=O)[C@@H]4CCCN4)[C@H](C2)N(CC2CC2)CC[C@]315. The topological polar surface area (TPSA) is 54.0 Å². The van der Waals surface area contributed by atoms with Gasteiger partial charge in [-0.25, -0.2) is 0 Å². The number of methoxy groups -OCH3 is 1. The highest BCUT2D eigenvalue weighted by Gasteiger charge is 2.74. The molecule has 9 rings (SSSR count). The Labute approximate surface area is 202 Å². The van der Waals surface area contributed by atoms with Crippen LogP contribution in [0.1, 0.15) is 62.5 Å². The molecule has 3 aliphatic carbocycles. The van der Waals surface area contributed by atoms with Crippen LogP contribution >= 0.6 is 0 Å². The minimum atomic E-state index is -0.00575. The van der Waals surface area contributed by atoms with Crippen molar-refractivity contribution in [2.45, 2.75) is 87.4 Å². The van der Waals surface area contributed by atoms with Crippen LogP contribution in [0.25, 0.3) is 0 Å². The number of rotatable bonds is 4. The van der Waals surface area contributed by atoms with Gasteiger partial charge in [-0.2, -0.15) is 0 Å². The summed E-state index contributed by atoms with van der Waals surface area (Å²) >= 11 is 0. The standard InChI is InChI=1S/C28H37N3O3/c1-33-21-7-6-18-15-22-27-9-8-20(31(14-10-27)26(32)19-3-2-12-29-19)25-28(27,23(18)24(21)34-25)11-13-30(22)16-17-4-5-17/h6-7,17,19-20,22,25,29H,2-5,8-16H2,1H3/t19-,20+,22-,25-,27+,28-/m0/s1. The molecule has 6 atom stereocenters. The summed E-state index contributed by atoms with van der Waals surface area (Å²) < 4.78 is 12.9. The molecule has 4 bridgehead atoms. The van der Waals surface area contributed by atoms with E-state index in [1.807, 2.05) is 0 Å². The van der Waals surface area contributed by atoms with Crippen LogP contribution in [0.5, 0.6) is 11.5 Å². The van der Waals surface area contributed by atoms with Gasteiger partial charge < -0.3 is 19.7 Å². The Kier molecular flexibility index (Phi) is 4.15. The molecule has 2 spiro atoms. The summed E-state index contributed by atoms with van der Waals surface area (Å²) in [5.41, 5.74) is 3.18. The smallest absolute Gasteiger partial charge is 0.240 e. The maximum Gasteiger partial charge on any atom is 0.240 e. The lowest BCUT2D eigenvalue weighted by Gasteiger charge is -2.66. The van der Waals surface area contributed by atoms with E-state index < -0.39 is 0 Å². The molecule has 6 nitrogen and oxygen atoms in total.